The molecular formula is C15H20N4O. The van der Waals surface area contributed by atoms with Gasteiger partial charge < -0.3 is 21.4 Å². The van der Waals surface area contributed by atoms with E-state index in [0.29, 0.717) is 11.5 Å². The van der Waals surface area contributed by atoms with E-state index in [4.69, 9.17) is 5.41 Å². The van der Waals surface area contributed by atoms with Gasteiger partial charge in [-0.15, -0.1) is 0 Å². The minimum atomic E-state index is -0.313. The molecule has 0 saturated carbocycles. The fourth-order valence-corrected chi connectivity index (χ4v) is 2.56. The van der Waals surface area contributed by atoms with Gasteiger partial charge in [-0.1, -0.05) is 25.1 Å². The number of hydrogen-bond acceptors (Lipinski definition) is 4. The second-order valence-electron chi connectivity index (χ2n) is 4.95. The number of rotatable bonds is 4. The lowest BCUT2D eigenvalue weighted by atomic mass is 9.87. The largest absolute Gasteiger partial charge is 0.341 e. The number of amides is 1. The van der Waals surface area contributed by atoms with Crippen molar-refractivity contribution in [1.82, 2.24) is 10.6 Å². The number of carbonyl (C=O) groups excluding carboxylic acids is 1. The predicted octanol–water partition coefficient (Wildman–Crippen LogP) is 1.70. The maximum Gasteiger partial charge on any atom is 0.243 e. The monoisotopic (exact) mass is 272 g/mol. The van der Waals surface area contributed by atoms with Gasteiger partial charge in [0.25, 0.3) is 0 Å². The van der Waals surface area contributed by atoms with Crippen LogP contribution in [0.3, 0.4) is 0 Å². The summed E-state index contributed by atoms with van der Waals surface area (Å²) in [5.74, 6) is 0.466. The first kappa shape index (κ1) is 14.3. The van der Waals surface area contributed by atoms with Gasteiger partial charge in [0.05, 0.1) is 6.04 Å². The summed E-state index contributed by atoms with van der Waals surface area (Å²) in [6.45, 7) is 3.70. The molecule has 5 heteroatoms. The first-order valence-electron chi connectivity index (χ1n) is 6.64. The number of benzene rings is 1. The molecule has 1 amide bonds. The zero-order chi connectivity index (χ0) is 14.7. The van der Waals surface area contributed by atoms with Crippen molar-refractivity contribution in [2.45, 2.75) is 19.9 Å². The number of para-hydroxylation sites is 1. The molecule has 2 rings (SSSR count). The minimum Gasteiger partial charge on any atom is -0.341 e. The van der Waals surface area contributed by atoms with E-state index in [1.54, 1.807) is 14.0 Å². The average molecular weight is 272 g/mol. The topological polar surface area (TPSA) is 77.0 Å². The van der Waals surface area contributed by atoms with Crippen LogP contribution in [-0.4, -0.2) is 24.7 Å². The van der Waals surface area contributed by atoms with Crippen molar-refractivity contribution in [2.75, 3.05) is 12.4 Å². The average Bonchev–Trinajstić information content (AvgIpc) is 2.39. The van der Waals surface area contributed by atoms with Crippen LogP contribution in [0, 0.1) is 11.3 Å². The van der Waals surface area contributed by atoms with Crippen molar-refractivity contribution < 1.29 is 4.79 Å². The molecule has 0 aliphatic carbocycles. The highest BCUT2D eigenvalue weighted by molar-refractivity contribution is 6.01. The van der Waals surface area contributed by atoms with Crippen LogP contribution in [0.1, 0.15) is 13.8 Å². The van der Waals surface area contributed by atoms with Crippen LogP contribution in [0.5, 0.6) is 0 Å². The molecule has 5 nitrogen and oxygen atoms in total. The molecule has 0 saturated heterocycles. The Hall–Kier alpha value is -2.14. The first-order chi connectivity index (χ1) is 9.54. The molecule has 1 heterocycles. The van der Waals surface area contributed by atoms with E-state index in [-0.39, 0.29) is 17.9 Å². The number of likely N-dealkylation sites (N-methyl/N-ethyl adjacent to an activating group) is 1. The summed E-state index contributed by atoms with van der Waals surface area (Å²) in [5.41, 5.74) is 2.17. The van der Waals surface area contributed by atoms with Crippen LogP contribution >= 0.6 is 0 Å². The van der Waals surface area contributed by atoms with Crippen molar-refractivity contribution in [2.24, 2.45) is 5.92 Å². The van der Waals surface area contributed by atoms with Crippen LogP contribution in [0.25, 0.3) is 0 Å². The molecule has 0 aromatic heterocycles. The van der Waals surface area contributed by atoms with E-state index in [9.17, 15) is 4.79 Å². The Bertz CT molecular complexity index is 550. The lowest BCUT2D eigenvalue weighted by Crippen LogP contribution is -2.53. The Kier molecular flexibility index (Phi) is 4.20. The molecule has 0 spiro atoms. The van der Waals surface area contributed by atoms with Crippen molar-refractivity contribution in [3.05, 3.63) is 41.7 Å². The molecule has 1 aromatic rings. The van der Waals surface area contributed by atoms with Crippen molar-refractivity contribution in [3.8, 4) is 0 Å². The minimum absolute atomic E-state index is 0.0579. The smallest absolute Gasteiger partial charge is 0.243 e. The zero-order valence-electron chi connectivity index (χ0n) is 11.9. The molecule has 106 valence electrons. The standard InChI is InChI=1S/C15H20N4O/c1-9-12(10(2)16)14(19-15(20)13(9)17-3)18-11-7-5-4-6-8-11/h4-9,13,16-18H,1-3H3,(H,19,20)/t9?,13-/m0/s1. The first-order valence-corrected chi connectivity index (χ1v) is 6.64. The van der Waals surface area contributed by atoms with Crippen LogP contribution in [0.15, 0.2) is 41.7 Å². The third-order valence-electron chi connectivity index (χ3n) is 3.51. The third-order valence-corrected chi connectivity index (χ3v) is 3.51. The summed E-state index contributed by atoms with van der Waals surface area (Å²) >= 11 is 0. The molecule has 1 aliphatic rings. The summed E-state index contributed by atoms with van der Waals surface area (Å²) < 4.78 is 0. The molecule has 1 aliphatic heterocycles. The van der Waals surface area contributed by atoms with Crippen LogP contribution in [-0.2, 0) is 4.79 Å². The third kappa shape index (κ3) is 2.72. The van der Waals surface area contributed by atoms with Gasteiger partial charge in [0.2, 0.25) is 5.91 Å². The Morgan fingerprint density at radius 3 is 2.50 bits per heavy atom. The Morgan fingerprint density at radius 2 is 1.95 bits per heavy atom. The van der Waals surface area contributed by atoms with Crippen LogP contribution in [0.2, 0.25) is 0 Å². The highest BCUT2D eigenvalue weighted by Gasteiger charge is 2.34. The van der Waals surface area contributed by atoms with E-state index in [1.807, 2.05) is 37.3 Å². The van der Waals surface area contributed by atoms with Crippen LogP contribution < -0.4 is 16.0 Å². The molecule has 4 N–H and O–H groups in total. The molecule has 1 unspecified atom stereocenters. The fourth-order valence-electron chi connectivity index (χ4n) is 2.56. The number of nitrogens with one attached hydrogen (secondary N) is 4. The lowest BCUT2D eigenvalue weighted by Gasteiger charge is -2.33. The summed E-state index contributed by atoms with van der Waals surface area (Å²) in [7, 11) is 1.76. The maximum atomic E-state index is 12.1. The quantitative estimate of drug-likeness (QED) is 0.630. The Balaban J connectivity index is 2.38. The van der Waals surface area contributed by atoms with Gasteiger partial charge in [0, 0.05) is 22.9 Å². The van der Waals surface area contributed by atoms with Gasteiger partial charge in [0.15, 0.2) is 0 Å². The highest BCUT2D eigenvalue weighted by Crippen LogP contribution is 2.24. The summed E-state index contributed by atoms with van der Waals surface area (Å²) in [6.07, 6.45) is 0. The van der Waals surface area contributed by atoms with Gasteiger partial charge in [-0.05, 0) is 26.1 Å². The normalized spacial score (nSPS) is 22.4. The number of hydrogen-bond donors (Lipinski definition) is 4. The summed E-state index contributed by atoms with van der Waals surface area (Å²) in [4.78, 5) is 12.1. The molecule has 0 fully saturated rings. The fraction of sp³-hybridized carbons (Fsp3) is 0.333. The maximum absolute atomic E-state index is 12.1. The summed E-state index contributed by atoms with van der Waals surface area (Å²) in [5, 5.41) is 17.0. The SMILES string of the molecule is CN[C@@H]1C(=O)NC(Nc2ccccc2)=C(C(C)=N)C1C. The van der Waals surface area contributed by atoms with Crippen molar-refractivity contribution in [3.63, 3.8) is 0 Å². The molecule has 2 atom stereocenters. The number of anilines is 1. The van der Waals surface area contributed by atoms with E-state index >= 15 is 0 Å². The lowest BCUT2D eigenvalue weighted by molar-refractivity contribution is -0.123. The van der Waals surface area contributed by atoms with Gasteiger partial charge >= 0.3 is 0 Å². The van der Waals surface area contributed by atoms with Crippen molar-refractivity contribution in [1.29, 1.82) is 5.41 Å². The molecule has 20 heavy (non-hydrogen) atoms. The second-order valence-corrected chi connectivity index (χ2v) is 4.95. The summed E-state index contributed by atoms with van der Waals surface area (Å²) in [6, 6.07) is 9.30. The van der Waals surface area contributed by atoms with E-state index in [1.165, 1.54) is 0 Å². The second kappa shape index (κ2) is 5.88. The predicted molar refractivity (Wildman–Crippen MR) is 80.6 cm³/mol. The van der Waals surface area contributed by atoms with Gasteiger partial charge in [0.1, 0.15) is 5.82 Å². The van der Waals surface area contributed by atoms with Gasteiger partial charge in [-0.2, -0.15) is 0 Å². The molecule has 0 radical (unpaired) electrons. The van der Waals surface area contributed by atoms with E-state index < -0.39 is 0 Å². The number of carbonyl (C=O) groups is 1. The highest BCUT2D eigenvalue weighted by atomic mass is 16.2. The molecular weight excluding hydrogens is 252 g/mol. The Labute approximate surface area is 119 Å². The van der Waals surface area contributed by atoms with Gasteiger partial charge in [-0.25, -0.2) is 0 Å². The van der Waals surface area contributed by atoms with E-state index in [2.05, 4.69) is 16.0 Å². The van der Waals surface area contributed by atoms with E-state index in [0.717, 1.165) is 11.3 Å². The zero-order valence-corrected chi connectivity index (χ0v) is 11.9. The molecule has 1 aromatic carbocycles. The molecule has 0 bridgehead atoms. The van der Waals surface area contributed by atoms with Gasteiger partial charge in [-0.3, -0.25) is 4.79 Å². The van der Waals surface area contributed by atoms with Crippen molar-refractivity contribution >= 4 is 17.3 Å². The Morgan fingerprint density at radius 1 is 1.30 bits per heavy atom. The van der Waals surface area contributed by atoms with Crippen LogP contribution in [0.4, 0.5) is 5.69 Å².